The van der Waals surface area contributed by atoms with Crippen LogP contribution in [0, 0.1) is 0 Å². The van der Waals surface area contributed by atoms with Gasteiger partial charge in [0, 0.05) is 44.7 Å². The van der Waals surface area contributed by atoms with E-state index in [1.54, 1.807) is 0 Å². The smallest absolute Gasteiger partial charge is 0.251 e. The van der Waals surface area contributed by atoms with E-state index in [1.807, 2.05) is 54.4 Å². The number of amides is 2. The van der Waals surface area contributed by atoms with E-state index in [0.717, 1.165) is 10.8 Å². The fraction of sp³-hybridized carbons (Fsp3) is 0.265. The first-order valence-corrected chi connectivity index (χ1v) is 14.4. The lowest BCUT2D eigenvalue weighted by Gasteiger charge is -2.28. The molecule has 4 aromatic carbocycles. The molecule has 0 fully saturated rings. The summed E-state index contributed by atoms with van der Waals surface area (Å²) in [6, 6.07) is 30.0. The van der Waals surface area contributed by atoms with Gasteiger partial charge in [-0.25, -0.2) is 0 Å². The minimum absolute atomic E-state index is 0.00224. The molecular weight excluding hydrogens is 524 g/mol. The normalized spacial score (nSPS) is 12.8. The Balaban J connectivity index is 1.21. The molecule has 8 heteroatoms. The molecule has 0 heterocycles. The standard InChI is InChI=1S/C34H38N6O2/c1-40(22-30-28-13-6-4-11-26(28)27-12-5-7-14-29(27)30)33(42)31(15-8-18-39-34(35)36)37-19-20-38-32(41)25-17-16-23-9-2-3-10-24(23)21-25/h2-7,9-14,16-17,21,30-31,37H,8,15,18-20,22H2,1H3,(H,38,41)(H4,35,36,39)/t31-/m0/s1. The molecule has 5 rings (SSSR count). The molecule has 216 valence electrons. The quantitative estimate of drug-likeness (QED) is 0.119. The van der Waals surface area contributed by atoms with Gasteiger partial charge in [0.2, 0.25) is 5.91 Å². The zero-order valence-electron chi connectivity index (χ0n) is 23.9. The number of nitrogens with zero attached hydrogens (tertiary/aromatic N) is 2. The third kappa shape index (κ3) is 6.61. The molecule has 8 nitrogen and oxygen atoms in total. The zero-order valence-corrected chi connectivity index (χ0v) is 23.9. The predicted molar refractivity (Wildman–Crippen MR) is 169 cm³/mol. The highest BCUT2D eigenvalue weighted by atomic mass is 16.2. The molecule has 6 N–H and O–H groups in total. The summed E-state index contributed by atoms with van der Waals surface area (Å²) in [5, 5.41) is 8.45. The average molecular weight is 563 g/mol. The van der Waals surface area contributed by atoms with Crippen LogP contribution in [0.4, 0.5) is 0 Å². The first-order valence-electron chi connectivity index (χ1n) is 14.4. The number of hydrogen-bond donors (Lipinski definition) is 4. The number of aliphatic imine (C=N–C) groups is 1. The number of carbonyl (C=O) groups is 2. The lowest BCUT2D eigenvalue weighted by molar-refractivity contribution is -0.132. The van der Waals surface area contributed by atoms with E-state index >= 15 is 0 Å². The topological polar surface area (TPSA) is 126 Å². The monoisotopic (exact) mass is 562 g/mol. The maximum Gasteiger partial charge on any atom is 0.251 e. The van der Waals surface area contributed by atoms with Gasteiger partial charge in [-0.3, -0.25) is 14.6 Å². The lowest BCUT2D eigenvalue weighted by atomic mass is 9.96. The molecule has 0 unspecified atom stereocenters. The van der Waals surface area contributed by atoms with Crippen molar-refractivity contribution in [2.75, 3.05) is 33.2 Å². The number of likely N-dealkylation sites (N-methyl/N-ethyl adjacent to an activating group) is 1. The Hall–Kier alpha value is -4.69. The van der Waals surface area contributed by atoms with Crippen LogP contribution in [0.2, 0.25) is 0 Å². The van der Waals surface area contributed by atoms with Gasteiger partial charge in [-0.15, -0.1) is 0 Å². The summed E-state index contributed by atoms with van der Waals surface area (Å²) in [5.41, 5.74) is 16.5. The minimum Gasteiger partial charge on any atom is -0.370 e. The second-order valence-corrected chi connectivity index (χ2v) is 10.7. The van der Waals surface area contributed by atoms with Crippen molar-refractivity contribution in [3.63, 3.8) is 0 Å². The van der Waals surface area contributed by atoms with Gasteiger partial charge in [-0.05, 0) is 58.0 Å². The molecule has 0 saturated heterocycles. The van der Waals surface area contributed by atoms with E-state index in [9.17, 15) is 9.59 Å². The van der Waals surface area contributed by atoms with Crippen LogP contribution in [0.3, 0.4) is 0 Å². The number of hydrogen-bond acceptors (Lipinski definition) is 4. The Morgan fingerprint density at radius 1 is 0.857 bits per heavy atom. The van der Waals surface area contributed by atoms with Crippen molar-refractivity contribution in [3.8, 4) is 11.1 Å². The maximum absolute atomic E-state index is 13.7. The lowest BCUT2D eigenvalue weighted by Crippen LogP contribution is -2.48. The number of benzene rings is 4. The Labute approximate surface area is 246 Å². The Kier molecular flexibility index (Phi) is 9.14. The van der Waals surface area contributed by atoms with E-state index in [2.05, 4.69) is 64.2 Å². The van der Waals surface area contributed by atoms with Crippen LogP contribution in [0.15, 0.2) is 96.0 Å². The molecule has 42 heavy (non-hydrogen) atoms. The van der Waals surface area contributed by atoms with Gasteiger partial charge in [-0.1, -0.05) is 78.9 Å². The fourth-order valence-corrected chi connectivity index (χ4v) is 5.76. The molecule has 0 aliphatic heterocycles. The molecule has 0 saturated carbocycles. The Morgan fingerprint density at radius 3 is 2.19 bits per heavy atom. The van der Waals surface area contributed by atoms with Crippen molar-refractivity contribution >= 4 is 28.5 Å². The summed E-state index contributed by atoms with van der Waals surface area (Å²) >= 11 is 0. The van der Waals surface area contributed by atoms with E-state index in [1.165, 1.54) is 22.3 Å². The Bertz CT molecular complexity index is 1550. The third-order valence-corrected chi connectivity index (χ3v) is 7.85. The van der Waals surface area contributed by atoms with E-state index in [-0.39, 0.29) is 23.7 Å². The van der Waals surface area contributed by atoms with Gasteiger partial charge in [0.1, 0.15) is 0 Å². The van der Waals surface area contributed by atoms with Crippen molar-refractivity contribution in [3.05, 3.63) is 108 Å². The van der Waals surface area contributed by atoms with Gasteiger partial charge in [0.25, 0.3) is 5.91 Å². The maximum atomic E-state index is 13.7. The van der Waals surface area contributed by atoms with Crippen LogP contribution in [0.1, 0.15) is 40.2 Å². The van der Waals surface area contributed by atoms with Gasteiger partial charge >= 0.3 is 0 Å². The van der Waals surface area contributed by atoms with Crippen molar-refractivity contribution in [2.45, 2.75) is 24.8 Å². The van der Waals surface area contributed by atoms with Gasteiger partial charge in [-0.2, -0.15) is 0 Å². The van der Waals surface area contributed by atoms with Crippen LogP contribution >= 0.6 is 0 Å². The molecule has 0 aromatic heterocycles. The second-order valence-electron chi connectivity index (χ2n) is 10.7. The zero-order chi connectivity index (χ0) is 29.5. The fourth-order valence-electron chi connectivity index (χ4n) is 5.76. The van der Waals surface area contributed by atoms with Gasteiger partial charge < -0.3 is 27.0 Å². The highest BCUT2D eigenvalue weighted by Gasteiger charge is 2.31. The van der Waals surface area contributed by atoms with E-state index in [4.69, 9.17) is 11.5 Å². The van der Waals surface area contributed by atoms with Crippen LogP contribution in [0.25, 0.3) is 21.9 Å². The summed E-state index contributed by atoms with van der Waals surface area (Å²) in [5.74, 6) is 0.00379. The van der Waals surface area contributed by atoms with Crippen molar-refractivity contribution in [1.82, 2.24) is 15.5 Å². The first kappa shape index (κ1) is 28.8. The summed E-state index contributed by atoms with van der Waals surface area (Å²) < 4.78 is 0. The summed E-state index contributed by atoms with van der Waals surface area (Å²) in [4.78, 5) is 32.4. The third-order valence-electron chi connectivity index (χ3n) is 7.85. The summed E-state index contributed by atoms with van der Waals surface area (Å²) in [6.07, 6.45) is 1.21. The Morgan fingerprint density at radius 2 is 1.50 bits per heavy atom. The number of nitrogens with two attached hydrogens (primary N) is 2. The van der Waals surface area contributed by atoms with Gasteiger partial charge in [0.15, 0.2) is 5.96 Å². The van der Waals surface area contributed by atoms with Gasteiger partial charge in [0.05, 0.1) is 6.04 Å². The summed E-state index contributed by atoms with van der Waals surface area (Å²) in [7, 11) is 1.86. The molecular formula is C34H38N6O2. The molecule has 0 radical (unpaired) electrons. The molecule has 1 atom stereocenters. The summed E-state index contributed by atoms with van der Waals surface area (Å²) in [6.45, 7) is 1.84. The van der Waals surface area contributed by atoms with Crippen LogP contribution < -0.4 is 22.1 Å². The number of nitrogens with one attached hydrogen (secondary N) is 2. The number of carbonyl (C=O) groups excluding carboxylic acids is 2. The van der Waals surface area contributed by atoms with Crippen molar-refractivity contribution < 1.29 is 9.59 Å². The highest BCUT2D eigenvalue weighted by molar-refractivity contribution is 5.98. The number of guanidine groups is 1. The molecule has 1 aliphatic rings. The second kappa shape index (κ2) is 13.3. The molecule has 2 amide bonds. The van der Waals surface area contributed by atoms with Crippen molar-refractivity contribution in [1.29, 1.82) is 0 Å². The SMILES string of the molecule is CN(CC1c2ccccc2-c2ccccc21)C(=O)[C@H](CCCN=C(N)N)NCCNC(=O)c1ccc2ccccc2c1. The largest absolute Gasteiger partial charge is 0.370 e. The minimum atomic E-state index is -0.436. The predicted octanol–water partition coefficient (Wildman–Crippen LogP) is 3.85. The molecule has 0 spiro atoms. The van der Waals surface area contributed by atoms with E-state index in [0.29, 0.717) is 44.6 Å². The number of rotatable bonds is 12. The van der Waals surface area contributed by atoms with Crippen LogP contribution in [0.5, 0.6) is 0 Å². The van der Waals surface area contributed by atoms with E-state index < -0.39 is 6.04 Å². The van der Waals surface area contributed by atoms with Crippen molar-refractivity contribution in [2.24, 2.45) is 16.5 Å². The highest BCUT2D eigenvalue weighted by Crippen LogP contribution is 2.44. The average Bonchev–Trinajstić information content (AvgIpc) is 3.32. The number of fused-ring (bicyclic) bond motifs is 4. The molecule has 4 aromatic rings. The first-order chi connectivity index (χ1) is 20.4. The van der Waals surface area contributed by atoms with Crippen LogP contribution in [-0.2, 0) is 4.79 Å². The molecule has 0 bridgehead atoms. The molecule has 1 aliphatic carbocycles. The van der Waals surface area contributed by atoms with Crippen LogP contribution in [-0.4, -0.2) is 61.9 Å².